The minimum atomic E-state index is -0.325. The van der Waals surface area contributed by atoms with Crippen molar-refractivity contribution in [3.8, 4) is 0 Å². The van der Waals surface area contributed by atoms with Crippen LogP contribution >= 0.6 is 0 Å². The van der Waals surface area contributed by atoms with Crippen molar-refractivity contribution in [3.05, 3.63) is 57.7 Å². The predicted molar refractivity (Wildman–Crippen MR) is 79.4 cm³/mol. The van der Waals surface area contributed by atoms with Crippen molar-refractivity contribution >= 4 is 5.69 Å². The van der Waals surface area contributed by atoms with Gasteiger partial charge in [0.15, 0.2) is 0 Å². The molecule has 3 rings (SSSR count). The number of nitrogens with one attached hydrogen (secondary N) is 1. The zero-order valence-electron chi connectivity index (χ0n) is 12.0. The van der Waals surface area contributed by atoms with E-state index in [0.717, 1.165) is 30.6 Å². The molecule has 1 saturated heterocycles. The fraction of sp³-hybridized carbons (Fsp3) is 0.400. The molecule has 0 spiro atoms. The molecule has 2 heterocycles. The van der Waals surface area contributed by atoms with E-state index >= 15 is 0 Å². The van der Waals surface area contributed by atoms with E-state index < -0.39 is 0 Å². The van der Waals surface area contributed by atoms with Gasteiger partial charge in [-0.3, -0.25) is 10.1 Å². The van der Waals surface area contributed by atoms with Crippen molar-refractivity contribution < 1.29 is 4.92 Å². The molecule has 0 radical (unpaired) electrons. The summed E-state index contributed by atoms with van der Waals surface area (Å²) in [5.41, 5.74) is 3.07. The zero-order chi connectivity index (χ0) is 14.8. The number of hydrogen-bond acceptors (Lipinski definition) is 4. The van der Waals surface area contributed by atoms with Gasteiger partial charge in [-0.25, -0.2) is 4.98 Å². The van der Waals surface area contributed by atoms with Gasteiger partial charge in [-0.1, -0.05) is 12.1 Å². The molecule has 1 aromatic carbocycles. The molecule has 0 saturated carbocycles. The Hall–Kier alpha value is -2.21. The van der Waals surface area contributed by atoms with Gasteiger partial charge in [-0.2, -0.15) is 0 Å². The van der Waals surface area contributed by atoms with E-state index in [0.29, 0.717) is 12.5 Å². The maximum atomic E-state index is 11.0. The quantitative estimate of drug-likeness (QED) is 0.691. The Labute approximate surface area is 123 Å². The molecule has 1 aliphatic rings. The van der Waals surface area contributed by atoms with Crippen LogP contribution in [0.3, 0.4) is 0 Å². The molecule has 0 bridgehead atoms. The number of imidazole rings is 1. The third-order valence-corrected chi connectivity index (χ3v) is 4.18. The van der Waals surface area contributed by atoms with Gasteiger partial charge in [-0.05, 0) is 25.5 Å². The zero-order valence-corrected chi connectivity index (χ0v) is 12.0. The highest BCUT2D eigenvalue weighted by Gasteiger charge is 2.21. The van der Waals surface area contributed by atoms with Crippen LogP contribution in [-0.4, -0.2) is 27.6 Å². The van der Waals surface area contributed by atoms with Gasteiger partial charge in [0.25, 0.3) is 5.69 Å². The molecule has 1 fully saturated rings. The minimum absolute atomic E-state index is 0.177. The monoisotopic (exact) mass is 286 g/mol. The predicted octanol–water partition coefficient (Wildman–Crippen LogP) is 2.22. The third-order valence-electron chi connectivity index (χ3n) is 4.18. The van der Waals surface area contributed by atoms with Gasteiger partial charge in [0, 0.05) is 42.5 Å². The van der Waals surface area contributed by atoms with Crippen molar-refractivity contribution in [2.75, 3.05) is 13.1 Å². The highest BCUT2D eigenvalue weighted by molar-refractivity contribution is 5.44. The van der Waals surface area contributed by atoms with Crippen LogP contribution in [0.25, 0.3) is 0 Å². The Morgan fingerprint density at radius 3 is 3.10 bits per heavy atom. The lowest BCUT2D eigenvalue weighted by Crippen LogP contribution is -2.12. The molecular formula is C15H18N4O2. The number of hydrogen-bond donors (Lipinski definition) is 1. The first-order valence-electron chi connectivity index (χ1n) is 7.10. The first-order valence-corrected chi connectivity index (χ1v) is 7.10. The van der Waals surface area contributed by atoms with Crippen LogP contribution in [0.1, 0.15) is 29.2 Å². The highest BCUT2D eigenvalue weighted by Crippen LogP contribution is 2.25. The Morgan fingerprint density at radius 1 is 1.52 bits per heavy atom. The molecule has 110 valence electrons. The van der Waals surface area contributed by atoms with Crippen molar-refractivity contribution in [2.24, 2.45) is 0 Å². The normalized spacial score (nSPS) is 18.0. The van der Waals surface area contributed by atoms with Gasteiger partial charge in [0.2, 0.25) is 0 Å². The summed E-state index contributed by atoms with van der Waals surface area (Å²) in [6.45, 7) is 4.44. The summed E-state index contributed by atoms with van der Waals surface area (Å²) in [6.07, 6.45) is 4.83. The number of nitro benzene ring substituents is 1. The lowest BCUT2D eigenvalue weighted by Gasteiger charge is -2.14. The van der Waals surface area contributed by atoms with E-state index in [4.69, 9.17) is 0 Å². The highest BCUT2D eigenvalue weighted by atomic mass is 16.6. The standard InChI is InChI=1S/C15H18N4O2/c1-11-13(3-2-4-14(11)19(20)21)9-18-10-17-8-15(18)12-5-6-16-7-12/h2-4,8,10,12,16H,5-7,9H2,1H3. The summed E-state index contributed by atoms with van der Waals surface area (Å²) < 4.78 is 2.10. The van der Waals surface area contributed by atoms with Crippen molar-refractivity contribution in [3.63, 3.8) is 0 Å². The number of benzene rings is 1. The molecule has 21 heavy (non-hydrogen) atoms. The lowest BCUT2D eigenvalue weighted by molar-refractivity contribution is -0.385. The molecule has 6 nitrogen and oxygen atoms in total. The lowest BCUT2D eigenvalue weighted by atomic mass is 10.0. The van der Waals surface area contributed by atoms with Crippen molar-refractivity contribution in [1.82, 2.24) is 14.9 Å². The van der Waals surface area contributed by atoms with Crippen LogP contribution in [0.2, 0.25) is 0 Å². The number of nitrogens with zero attached hydrogens (tertiary/aromatic N) is 3. The van der Waals surface area contributed by atoms with Gasteiger partial charge in [-0.15, -0.1) is 0 Å². The molecule has 1 N–H and O–H groups in total. The van der Waals surface area contributed by atoms with Crippen LogP contribution in [0.4, 0.5) is 5.69 Å². The fourth-order valence-corrected chi connectivity index (χ4v) is 2.93. The Bertz CT molecular complexity index is 659. The molecular weight excluding hydrogens is 268 g/mol. The molecule has 1 aromatic heterocycles. The summed E-state index contributed by atoms with van der Waals surface area (Å²) in [6, 6.07) is 5.24. The SMILES string of the molecule is Cc1c(Cn2cncc2C2CCNC2)cccc1[N+](=O)[O-]. The molecule has 0 aliphatic carbocycles. The van der Waals surface area contributed by atoms with Crippen molar-refractivity contribution in [1.29, 1.82) is 0 Å². The fourth-order valence-electron chi connectivity index (χ4n) is 2.93. The Balaban J connectivity index is 1.89. The first-order chi connectivity index (χ1) is 10.2. The second-order valence-electron chi connectivity index (χ2n) is 5.45. The molecule has 1 aliphatic heterocycles. The van der Waals surface area contributed by atoms with Gasteiger partial charge in [0.1, 0.15) is 0 Å². The van der Waals surface area contributed by atoms with Crippen LogP contribution in [0.5, 0.6) is 0 Å². The summed E-state index contributed by atoms with van der Waals surface area (Å²) in [5, 5.41) is 14.4. The Kier molecular flexibility index (Phi) is 3.70. The number of nitro groups is 1. The molecule has 0 amide bonds. The van der Waals surface area contributed by atoms with E-state index in [1.165, 1.54) is 5.69 Å². The maximum absolute atomic E-state index is 11.0. The largest absolute Gasteiger partial charge is 0.330 e. The summed E-state index contributed by atoms with van der Waals surface area (Å²) in [7, 11) is 0. The molecule has 6 heteroatoms. The molecule has 1 atom stereocenters. The van der Waals surface area contributed by atoms with E-state index in [1.54, 1.807) is 19.1 Å². The average molecular weight is 286 g/mol. The van der Waals surface area contributed by atoms with Gasteiger partial charge >= 0.3 is 0 Å². The number of rotatable bonds is 4. The molecule has 1 unspecified atom stereocenters. The topological polar surface area (TPSA) is 73.0 Å². The van der Waals surface area contributed by atoms with Crippen molar-refractivity contribution in [2.45, 2.75) is 25.8 Å². The van der Waals surface area contributed by atoms with E-state index in [9.17, 15) is 10.1 Å². The van der Waals surface area contributed by atoms with Gasteiger partial charge in [0.05, 0.1) is 11.3 Å². The smallest absolute Gasteiger partial charge is 0.272 e. The van der Waals surface area contributed by atoms with E-state index in [-0.39, 0.29) is 10.6 Å². The summed E-state index contributed by atoms with van der Waals surface area (Å²) in [5.74, 6) is 0.478. The van der Waals surface area contributed by atoms with Crippen LogP contribution in [0.15, 0.2) is 30.7 Å². The van der Waals surface area contributed by atoms with Crippen LogP contribution in [-0.2, 0) is 6.54 Å². The second-order valence-corrected chi connectivity index (χ2v) is 5.45. The summed E-state index contributed by atoms with van der Waals surface area (Å²) >= 11 is 0. The molecule has 2 aromatic rings. The van der Waals surface area contributed by atoms with E-state index in [1.807, 2.05) is 18.6 Å². The average Bonchev–Trinajstić information content (AvgIpc) is 3.11. The minimum Gasteiger partial charge on any atom is -0.330 e. The van der Waals surface area contributed by atoms with Crippen LogP contribution < -0.4 is 5.32 Å². The summed E-state index contributed by atoms with van der Waals surface area (Å²) in [4.78, 5) is 15.0. The Morgan fingerprint density at radius 2 is 2.38 bits per heavy atom. The maximum Gasteiger partial charge on any atom is 0.272 e. The first kappa shape index (κ1) is 13.8. The van der Waals surface area contributed by atoms with Crippen LogP contribution in [0, 0.1) is 17.0 Å². The second kappa shape index (κ2) is 5.65. The van der Waals surface area contributed by atoms with Gasteiger partial charge < -0.3 is 9.88 Å². The number of aromatic nitrogens is 2. The third kappa shape index (κ3) is 2.67. The van der Waals surface area contributed by atoms with E-state index in [2.05, 4.69) is 14.9 Å².